The summed E-state index contributed by atoms with van der Waals surface area (Å²) in [6, 6.07) is 0. The Balaban J connectivity index is 4.30. The van der Waals surface area contributed by atoms with Gasteiger partial charge in [-0.2, -0.15) is 0 Å². The third kappa shape index (κ3) is 3.33. The van der Waals surface area contributed by atoms with Crippen LogP contribution in [0.2, 0.25) is 0 Å². The average molecular weight is 226 g/mol. The molecule has 0 amide bonds. The number of halogens is 6. The van der Waals surface area contributed by atoms with Crippen molar-refractivity contribution in [3.05, 3.63) is 0 Å². The molecule has 0 aliphatic heterocycles. The van der Waals surface area contributed by atoms with Gasteiger partial charge in [0.25, 0.3) is 6.43 Å². The van der Waals surface area contributed by atoms with E-state index in [0.717, 1.165) is 0 Å². The molecule has 0 aliphatic rings. The molecule has 4 atom stereocenters. The van der Waals surface area contributed by atoms with Crippen LogP contribution in [0, 0.1) is 0 Å². The molecule has 0 rings (SSSR count). The first-order chi connectivity index (χ1) is 6.29. The van der Waals surface area contributed by atoms with Gasteiger partial charge in [-0.1, -0.05) is 0 Å². The van der Waals surface area contributed by atoms with E-state index in [9.17, 15) is 26.3 Å². The van der Waals surface area contributed by atoms with E-state index in [4.69, 9.17) is 10.2 Å². The van der Waals surface area contributed by atoms with Crippen molar-refractivity contribution in [3.63, 3.8) is 0 Å². The van der Waals surface area contributed by atoms with Gasteiger partial charge in [0.1, 0.15) is 0 Å². The first-order valence-corrected chi connectivity index (χ1v) is 3.49. The molecule has 4 unspecified atom stereocenters. The number of aliphatic hydroxyl groups is 2. The van der Waals surface area contributed by atoms with E-state index in [1.165, 1.54) is 0 Å². The topological polar surface area (TPSA) is 40.5 Å². The molecule has 0 aromatic carbocycles. The van der Waals surface area contributed by atoms with Gasteiger partial charge in [0.2, 0.25) is 0 Å². The summed E-state index contributed by atoms with van der Waals surface area (Å²) in [5.41, 5.74) is 0. The van der Waals surface area contributed by atoms with Crippen LogP contribution in [0.4, 0.5) is 26.3 Å². The van der Waals surface area contributed by atoms with Crippen LogP contribution in [-0.2, 0) is 0 Å². The summed E-state index contributed by atoms with van der Waals surface area (Å²) in [4.78, 5) is 0. The highest BCUT2D eigenvalue weighted by atomic mass is 19.3. The minimum Gasteiger partial charge on any atom is -0.366 e. The zero-order valence-corrected chi connectivity index (χ0v) is 6.63. The molecule has 0 saturated carbocycles. The second-order valence-corrected chi connectivity index (χ2v) is 2.53. The van der Waals surface area contributed by atoms with Crippen LogP contribution in [0.25, 0.3) is 0 Å². The van der Waals surface area contributed by atoms with Gasteiger partial charge in [-0.15, -0.1) is 0 Å². The Morgan fingerprint density at radius 1 is 0.571 bits per heavy atom. The van der Waals surface area contributed by atoms with Crippen molar-refractivity contribution in [1.29, 1.82) is 0 Å². The predicted octanol–water partition coefficient (Wildman–Crippen LogP) is 0.915. The fourth-order valence-electron chi connectivity index (χ4n) is 0.655. The van der Waals surface area contributed by atoms with Crippen molar-refractivity contribution in [3.8, 4) is 0 Å². The first-order valence-electron chi connectivity index (χ1n) is 3.49. The second-order valence-electron chi connectivity index (χ2n) is 2.53. The normalized spacial score (nSPS) is 21.0. The number of hydrogen-bond acceptors (Lipinski definition) is 2. The molecule has 0 aromatic rings. The molecule has 0 aliphatic carbocycles. The third-order valence-electron chi connectivity index (χ3n) is 1.44. The van der Waals surface area contributed by atoms with E-state index < -0.39 is 37.4 Å². The zero-order valence-electron chi connectivity index (χ0n) is 6.63. The number of rotatable bonds is 5. The summed E-state index contributed by atoms with van der Waals surface area (Å²) in [6.07, 6.45) is -20.1. The lowest BCUT2D eigenvalue weighted by atomic mass is 10.1. The van der Waals surface area contributed by atoms with Gasteiger partial charge in [-0.3, -0.25) is 0 Å². The number of aliphatic hydroxyl groups excluding tert-OH is 1. The van der Waals surface area contributed by atoms with Gasteiger partial charge in [0.15, 0.2) is 31.0 Å². The fourth-order valence-corrected chi connectivity index (χ4v) is 0.655. The highest BCUT2D eigenvalue weighted by molar-refractivity contribution is 4.84. The predicted molar refractivity (Wildman–Crippen MR) is 33.8 cm³/mol. The van der Waals surface area contributed by atoms with Crippen molar-refractivity contribution < 1.29 is 36.6 Å². The van der Waals surface area contributed by atoms with Crippen molar-refractivity contribution in [2.45, 2.75) is 37.4 Å². The standard InChI is InChI=1S/C6H8F6O2/c7-1(3(9)5(11)12)2(8)4(10)6(13)14/h1-6,13-14H. The molecular formula is C6H8F6O2. The van der Waals surface area contributed by atoms with Crippen LogP contribution in [0.15, 0.2) is 0 Å². The maximum Gasteiger partial charge on any atom is 0.272 e. The van der Waals surface area contributed by atoms with Crippen molar-refractivity contribution in [2.75, 3.05) is 0 Å². The largest absolute Gasteiger partial charge is 0.366 e. The highest BCUT2D eigenvalue weighted by Gasteiger charge is 2.42. The van der Waals surface area contributed by atoms with Crippen LogP contribution in [-0.4, -0.2) is 47.6 Å². The summed E-state index contributed by atoms with van der Waals surface area (Å²) in [5, 5.41) is 16.0. The van der Waals surface area contributed by atoms with E-state index >= 15 is 0 Å². The lowest BCUT2D eigenvalue weighted by molar-refractivity contribution is -0.135. The molecule has 0 fully saturated rings. The van der Waals surface area contributed by atoms with E-state index in [0.29, 0.717) is 0 Å². The Labute approximate surface area is 75.1 Å². The molecule has 0 heterocycles. The maximum absolute atomic E-state index is 12.4. The summed E-state index contributed by atoms with van der Waals surface area (Å²) >= 11 is 0. The minimum atomic E-state index is -3.80. The molecule has 86 valence electrons. The number of hydrogen-bond donors (Lipinski definition) is 2. The van der Waals surface area contributed by atoms with Gasteiger partial charge in [0, 0.05) is 0 Å². The monoisotopic (exact) mass is 226 g/mol. The van der Waals surface area contributed by atoms with Gasteiger partial charge in [-0.05, 0) is 0 Å². The lowest BCUT2D eigenvalue weighted by Crippen LogP contribution is -2.43. The minimum absolute atomic E-state index is 2.88. The third-order valence-corrected chi connectivity index (χ3v) is 1.44. The van der Waals surface area contributed by atoms with E-state index in [1.54, 1.807) is 0 Å². The zero-order chi connectivity index (χ0) is 11.5. The number of alkyl halides is 6. The Hall–Kier alpha value is -0.500. The van der Waals surface area contributed by atoms with Crippen molar-refractivity contribution in [2.24, 2.45) is 0 Å². The molecule has 0 bridgehead atoms. The Kier molecular flexibility index (Phi) is 5.21. The smallest absolute Gasteiger partial charge is 0.272 e. The summed E-state index contributed by atoms with van der Waals surface area (Å²) in [6.45, 7) is 0. The van der Waals surface area contributed by atoms with E-state index in [2.05, 4.69) is 0 Å². The van der Waals surface area contributed by atoms with E-state index in [1.807, 2.05) is 0 Å². The molecule has 0 radical (unpaired) electrons. The van der Waals surface area contributed by atoms with Gasteiger partial charge >= 0.3 is 0 Å². The fraction of sp³-hybridized carbons (Fsp3) is 1.00. The molecule has 0 saturated heterocycles. The van der Waals surface area contributed by atoms with Crippen LogP contribution in [0.3, 0.4) is 0 Å². The molecule has 2 N–H and O–H groups in total. The van der Waals surface area contributed by atoms with Gasteiger partial charge < -0.3 is 10.2 Å². The molecular weight excluding hydrogens is 218 g/mol. The first kappa shape index (κ1) is 13.5. The van der Waals surface area contributed by atoms with Crippen molar-refractivity contribution >= 4 is 0 Å². The summed E-state index contributed by atoms with van der Waals surface area (Å²) in [7, 11) is 0. The molecule has 14 heavy (non-hydrogen) atoms. The Morgan fingerprint density at radius 3 is 1.21 bits per heavy atom. The molecule has 2 nitrogen and oxygen atoms in total. The average Bonchev–Trinajstić information content (AvgIpc) is 2.12. The van der Waals surface area contributed by atoms with Gasteiger partial charge in [-0.25, -0.2) is 26.3 Å². The lowest BCUT2D eigenvalue weighted by Gasteiger charge is -2.20. The van der Waals surface area contributed by atoms with Crippen LogP contribution >= 0.6 is 0 Å². The van der Waals surface area contributed by atoms with Crippen molar-refractivity contribution in [1.82, 2.24) is 0 Å². The van der Waals surface area contributed by atoms with Crippen LogP contribution < -0.4 is 0 Å². The maximum atomic E-state index is 12.4. The second kappa shape index (κ2) is 5.40. The van der Waals surface area contributed by atoms with E-state index in [-0.39, 0.29) is 0 Å². The van der Waals surface area contributed by atoms with Crippen LogP contribution in [0.1, 0.15) is 0 Å². The van der Waals surface area contributed by atoms with Crippen LogP contribution in [0.5, 0.6) is 0 Å². The Bertz CT molecular complexity index is 148. The van der Waals surface area contributed by atoms with Gasteiger partial charge in [0.05, 0.1) is 0 Å². The highest BCUT2D eigenvalue weighted by Crippen LogP contribution is 2.22. The summed E-state index contributed by atoms with van der Waals surface area (Å²) in [5.74, 6) is 0. The molecule has 0 spiro atoms. The molecule has 8 heteroatoms. The Morgan fingerprint density at radius 2 is 0.929 bits per heavy atom. The quantitative estimate of drug-likeness (QED) is 0.540. The SMILES string of the molecule is OC(O)C(F)C(F)C(F)C(F)C(F)F. The molecule has 0 aromatic heterocycles. The summed E-state index contributed by atoms with van der Waals surface area (Å²) < 4.78 is 72.1.